The van der Waals surface area contributed by atoms with E-state index in [2.05, 4.69) is 95.4 Å². The smallest absolute Gasteiger partial charge is 0.0547 e. The molecule has 0 spiro atoms. The molecule has 4 aromatic carbocycles. The van der Waals surface area contributed by atoms with E-state index in [0.717, 1.165) is 0 Å². The molecule has 0 unspecified atom stereocenters. The number of hydrogen-bond donors (Lipinski definition) is 0. The lowest BCUT2D eigenvalue weighted by Crippen LogP contribution is -1.90. The average molecular weight is 317 g/mol. The molecule has 0 aliphatic carbocycles. The fraction of sp³-hybridized carbons (Fsp3) is 0. The first-order chi connectivity index (χ1) is 12.4. The Morgan fingerprint density at radius 1 is 0.400 bits per heavy atom. The molecule has 2 heterocycles. The van der Waals surface area contributed by atoms with Crippen LogP contribution in [0, 0.1) is 0 Å². The van der Waals surface area contributed by atoms with Crippen LogP contribution in [0.4, 0.5) is 0 Å². The Balaban J connectivity index is 2.01. The molecular weight excluding hydrogens is 302 g/mol. The van der Waals surface area contributed by atoms with Gasteiger partial charge in [-0.05, 0) is 46.5 Å². The molecule has 0 saturated heterocycles. The van der Waals surface area contributed by atoms with Gasteiger partial charge in [-0.15, -0.1) is 0 Å². The second kappa shape index (κ2) is 4.61. The predicted octanol–water partition coefficient (Wildman–Crippen LogP) is 6.55. The minimum Gasteiger partial charge on any atom is -0.309 e. The van der Waals surface area contributed by atoms with Crippen LogP contribution in [0.2, 0.25) is 0 Å². The lowest BCUT2D eigenvalue weighted by Gasteiger charge is -2.11. The van der Waals surface area contributed by atoms with Crippen LogP contribution in [-0.2, 0) is 0 Å². The highest BCUT2D eigenvalue weighted by Crippen LogP contribution is 2.35. The van der Waals surface area contributed by atoms with Gasteiger partial charge in [-0.3, -0.25) is 0 Å². The summed E-state index contributed by atoms with van der Waals surface area (Å²) in [7, 11) is 0. The molecular formula is C24H15N. The second-order valence-corrected chi connectivity index (χ2v) is 6.69. The van der Waals surface area contributed by atoms with Crippen molar-refractivity contribution < 1.29 is 0 Å². The number of hydrogen-bond acceptors (Lipinski definition) is 0. The van der Waals surface area contributed by atoms with Gasteiger partial charge >= 0.3 is 0 Å². The number of benzene rings is 4. The fourth-order valence-corrected chi connectivity index (χ4v) is 4.18. The maximum absolute atomic E-state index is 2.40. The first-order valence-electron chi connectivity index (χ1n) is 8.63. The van der Waals surface area contributed by atoms with E-state index >= 15 is 0 Å². The van der Waals surface area contributed by atoms with Gasteiger partial charge in [-0.2, -0.15) is 0 Å². The normalized spacial score (nSPS) is 12.0. The minimum atomic E-state index is 1.27. The van der Waals surface area contributed by atoms with Crippen LogP contribution in [0.15, 0.2) is 91.0 Å². The largest absolute Gasteiger partial charge is 0.309 e. The monoisotopic (exact) mass is 317 g/mol. The molecule has 0 bridgehead atoms. The maximum Gasteiger partial charge on any atom is 0.0547 e. The Morgan fingerprint density at radius 3 is 1.80 bits per heavy atom. The van der Waals surface area contributed by atoms with E-state index in [9.17, 15) is 0 Å². The van der Waals surface area contributed by atoms with Crippen LogP contribution < -0.4 is 0 Å². The van der Waals surface area contributed by atoms with Crippen molar-refractivity contribution in [2.45, 2.75) is 0 Å². The summed E-state index contributed by atoms with van der Waals surface area (Å²) in [5.74, 6) is 0. The topological polar surface area (TPSA) is 4.41 Å². The molecule has 0 radical (unpaired) electrons. The summed E-state index contributed by atoms with van der Waals surface area (Å²) in [6, 6.07) is 33.0. The SMILES string of the molecule is c1ccc2cc3c(cc2c1)c1ccccc1n1c2ccccc2cc31. The first kappa shape index (κ1) is 13.0. The molecule has 6 aromatic rings. The van der Waals surface area contributed by atoms with Gasteiger partial charge in [0.05, 0.1) is 16.6 Å². The molecule has 0 amide bonds. The highest BCUT2D eigenvalue weighted by atomic mass is 14.9. The van der Waals surface area contributed by atoms with E-state index < -0.39 is 0 Å². The third-order valence-electron chi connectivity index (χ3n) is 5.31. The standard InChI is InChI=1S/C24H15N/c1-2-8-17-14-21-20(13-16(17)7-1)19-10-4-6-12-23(19)25-22-11-5-3-9-18(22)15-24(21)25/h1-15H. The Labute approximate surface area is 144 Å². The van der Waals surface area contributed by atoms with Crippen molar-refractivity contribution in [3.63, 3.8) is 0 Å². The molecule has 0 aliphatic rings. The van der Waals surface area contributed by atoms with Crippen LogP contribution in [0.3, 0.4) is 0 Å². The van der Waals surface area contributed by atoms with Gasteiger partial charge in [-0.1, -0.05) is 60.7 Å². The van der Waals surface area contributed by atoms with Crippen molar-refractivity contribution in [3.8, 4) is 0 Å². The molecule has 25 heavy (non-hydrogen) atoms. The van der Waals surface area contributed by atoms with Gasteiger partial charge in [-0.25, -0.2) is 0 Å². The third kappa shape index (κ3) is 1.67. The second-order valence-electron chi connectivity index (χ2n) is 6.69. The number of fused-ring (bicyclic) bond motifs is 9. The van der Waals surface area contributed by atoms with E-state index in [1.54, 1.807) is 0 Å². The van der Waals surface area contributed by atoms with Gasteiger partial charge in [0.1, 0.15) is 0 Å². The molecule has 0 N–H and O–H groups in total. The Bertz CT molecular complexity index is 1440. The summed E-state index contributed by atoms with van der Waals surface area (Å²) < 4.78 is 2.40. The lowest BCUT2D eigenvalue weighted by molar-refractivity contribution is 1.35. The first-order valence-corrected chi connectivity index (χ1v) is 8.63. The summed E-state index contributed by atoms with van der Waals surface area (Å²) in [6.45, 7) is 0. The van der Waals surface area contributed by atoms with E-state index in [1.165, 1.54) is 48.9 Å². The predicted molar refractivity (Wildman–Crippen MR) is 107 cm³/mol. The minimum absolute atomic E-state index is 1.27. The van der Waals surface area contributed by atoms with E-state index in [1.807, 2.05) is 0 Å². The Kier molecular flexibility index (Phi) is 2.40. The lowest BCUT2D eigenvalue weighted by atomic mass is 10.00. The molecule has 0 saturated carbocycles. The highest BCUT2D eigenvalue weighted by Gasteiger charge is 2.12. The molecule has 1 heteroatoms. The molecule has 6 rings (SSSR count). The van der Waals surface area contributed by atoms with Crippen LogP contribution in [0.1, 0.15) is 0 Å². The zero-order chi connectivity index (χ0) is 16.4. The zero-order valence-corrected chi connectivity index (χ0v) is 13.6. The van der Waals surface area contributed by atoms with Crippen LogP contribution in [0.25, 0.3) is 48.9 Å². The van der Waals surface area contributed by atoms with Crippen molar-refractivity contribution in [3.05, 3.63) is 91.0 Å². The third-order valence-corrected chi connectivity index (χ3v) is 5.31. The van der Waals surface area contributed by atoms with E-state index in [-0.39, 0.29) is 0 Å². The van der Waals surface area contributed by atoms with Gasteiger partial charge in [0.15, 0.2) is 0 Å². The van der Waals surface area contributed by atoms with Crippen LogP contribution >= 0.6 is 0 Å². The zero-order valence-electron chi connectivity index (χ0n) is 13.6. The maximum atomic E-state index is 2.40. The van der Waals surface area contributed by atoms with Crippen molar-refractivity contribution in [1.82, 2.24) is 4.40 Å². The Hall–Kier alpha value is -3.32. The van der Waals surface area contributed by atoms with E-state index in [0.29, 0.717) is 0 Å². The molecule has 0 fully saturated rings. The van der Waals surface area contributed by atoms with Crippen molar-refractivity contribution >= 4 is 48.9 Å². The van der Waals surface area contributed by atoms with Gasteiger partial charge in [0.25, 0.3) is 0 Å². The summed E-state index contributed by atoms with van der Waals surface area (Å²) in [5, 5.41) is 7.81. The molecule has 1 nitrogen and oxygen atoms in total. The van der Waals surface area contributed by atoms with E-state index in [4.69, 9.17) is 0 Å². The number of para-hydroxylation sites is 2. The quantitative estimate of drug-likeness (QED) is 0.221. The average Bonchev–Trinajstić information content (AvgIpc) is 3.07. The Morgan fingerprint density at radius 2 is 1.00 bits per heavy atom. The van der Waals surface area contributed by atoms with Gasteiger partial charge in [0, 0.05) is 16.2 Å². The number of nitrogens with zero attached hydrogens (tertiary/aromatic N) is 1. The molecule has 0 aliphatic heterocycles. The van der Waals surface area contributed by atoms with Crippen molar-refractivity contribution in [1.29, 1.82) is 0 Å². The van der Waals surface area contributed by atoms with Gasteiger partial charge < -0.3 is 4.40 Å². The molecule has 2 aromatic heterocycles. The summed E-state index contributed by atoms with van der Waals surface area (Å²) in [4.78, 5) is 0. The van der Waals surface area contributed by atoms with Gasteiger partial charge in [0.2, 0.25) is 0 Å². The van der Waals surface area contributed by atoms with Crippen LogP contribution in [-0.4, -0.2) is 4.40 Å². The molecule has 0 atom stereocenters. The van der Waals surface area contributed by atoms with Crippen LogP contribution in [0.5, 0.6) is 0 Å². The fourth-order valence-electron chi connectivity index (χ4n) is 4.18. The summed E-state index contributed by atoms with van der Waals surface area (Å²) >= 11 is 0. The summed E-state index contributed by atoms with van der Waals surface area (Å²) in [5.41, 5.74) is 3.81. The number of pyridine rings is 1. The number of aromatic nitrogens is 1. The highest BCUT2D eigenvalue weighted by molar-refractivity contribution is 6.18. The van der Waals surface area contributed by atoms with Crippen molar-refractivity contribution in [2.24, 2.45) is 0 Å². The van der Waals surface area contributed by atoms with Crippen molar-refractivity contribution in [2.75, 3.05) is 0 Å². The summed E-state index contributed by atoms with van der Waals surface area (Å²) in [6.07, 6.45) is 0. The molecule has 116 valence electrons. The number of rotatable bonds is 0.